The Balaban J connectivity index is 1.81. The van der Waals surface area contributed by atoms with Crippen LogP contribution in [0.1, 0.15) is 42.4 Å². The number of nitrogens with zero attached hydrogens (tertiary/aromatic N) is 3. The van der Waals surface area contributed by atoms with Gasteiger partial charge in [-0.05, 0) is 48.2 Å². The molecule has 3 aromatic rings. The molecule has 3 rings (SSSR count). The highest BCUT2D eigenvalue weighted by Gasteiger charge is 2.33. The van der Waals surface area contributed by atoms with Gasteiger partial charge in [0.25, 0.3) is 0 Å². The van der Waals surface area contributed by atoms with Crippen molar-refractivity contribution in [3.05, 3.63) is 76.3 Å². The molecular formula is C26H32ClN3O6S. The summed E-state index contributed by atoms with van der Waals surface area (Å²) >= 11 is 6.21. The molecule has 2 N–H and O–H groups in total. The molecule has 0 unspecified atom stereocenters. The highest BCUT2D eigenvalue weighted by molar-refractivity contribution is 7.89. The quantitative estimate of drug-likeness (QED) is 0.333. The number of sulfonamides is 1. The van der Waals surface area contributed by atoms with Gasteiger partial charge in [0.05, 0.1) is 24.3 Å². The van der Waals surface area contributed by atoms with Gasteiger partial charge in [-0.2, -0.15) is 4.31 Å². The number of likely N-dealkylation sites (N-methyl/N-ethyl adjacent to an activating group) is 1. The summed E-state index contributed by atoms with van der Waals surface area (Å²) in [5.74, 6) is 0.139. The summed E-state index contributed by atoms with van der Waals surface area (Å²) in [6.45, 7) is 2.17. The van der Waals surface area contributed by atoms with E-state index < -0.39 is 22.0 Å². The van der Waals surface area contributed by atoms with Crippen molar-refractivity contribution in [3.63, 3.8) is 0 Å². The number of aliphatic hydroxyl groups is 1. The number of aromatic nitrogens is 2. The summed E-state index contributed by atoms with van der Waals surface area (Å²) < 4.78 is 34.4. The number of carbonyl (C=O) groups is 1. The van der Waals surface area contributed by atoms with Crippen molar-refractivity contribution >= 4 is 27.6 Å². The maximum absolute atomic E-state index is 13.3. The average molecular weight is 550 g/mol. The molecule has 11 heteroatoms. The summed E-state index contributed by atoms with van der Waals surface area (Å²) in [6, 6.07) is 11.8. The fraction of sp³-hybridized carbons (Fsp3) is 0.385. The number of aliphatic hydroxyl groups excluding tert-OH is 1. The molecule has 1 atom stereocenters. The summed E-state index contributed by atoms with van der Waals surface area (Å²) in [4.78, 5) is 16.4. The Morgan fingerprint density at radius 2 is 1.76 bits per heavy atom. The lowest BCUT2D eigenvalue weighted by Crippen LogP contribution is -2.43. The second-order valence-corrected chi connectivity index (χ2v) is 11.0. The zero-order valence-corrected chi connectivity index (χ0v) is 22.7. The van der Waals surface area contributed by atoms with E-state index in [1.165, 1.54) is 26.3 Å². The third-order valence-electron chi connectivity index (χ3n) is 6.26. The number of carboxylic acid groups (broad SMARTS) is 1. The van der Waals surface area contributed by atoms with Gasteiger partial charge in [-0.1, -0.05) is 49.2 Å². The summed E-state index contributed by atoms with van der Waals surface area (Å²) in [7, 11) is -1.29. The van der Waals surface area contributed by atoms with Crippen LogP contribution < -0.4 is 4.74 Å². The number of methoxy groups -OCH3 is 1. The van der Waals surface area contributed by atoms with Crippen LogP contribution in [0.3, 0.4) is 0 Å². The van der Waals surface area contributed by atoms with Crippen molar-refractivity contribution in [2.24, 2.45) is 0 Å². The Morgan fingerprint density at radius 1 is 1.14 bits per heavy atom. The lowest BCUT2D eigenvalue weighted by Gasteiger charge is -2.24. The highest BCUT2D eigenvalue weighted by Crippen LogP contribution is 2.24. The zero-order valence-electron chi connectivity index (χ0n) is 21.1. The fourth-order valence-corrected chi connectivity index (χ4v) is 5.58. The number of imidazole rings is 1. The lowest BCUT2D eigenvalue weighted by atomic mass is 10.1. The fourth-order valence-electron chi connectivity index (χ4n) is 4.01. The van der Waals surface area contributed by atoms with E-state index in [1.807, 2.05) is 4.57 Å². The molecule has 0 fully saturated rings. The molecule has 1 aromatic heterocycles. The van der Waals surface area contributed by atoms with E-state index in [9.17, 15) is 23.4 Å². The van der Waals surface area contributed by atoms with Crippen LogP contribution in [0.5, 0.6) is 5.75 Å². The molecule has 0 saturated heterocycles. The first kappa shape index (κ1) is 28.6. The number of aryl methyl sites for hydroxylation is 1. The highest BCUT2D eigenvalue weighted by atomic mass is 35.5. The van der Waals surface area contributed by atoms with Gasteiger partial charge in [-0.3, -0.25) is 4.79 Å². The van der Waals surface area contributed by atoms with Crippen LogP contribution in [0.25, 0.3) is 0 Å². The minimum atomic E-state index is -4.09. The van der Waals surface area contributed by atoms with E-state index in [2.05, 4.69) is 11.9 Å². The predicted molar refractivity (Wildman–Crippen MR) is 140 cm³/mol. The van der Waals surface area contributed by atoms with Gasteiger partial charge >= 0.3 is 5.97 Å². The van der Waals surface area contributed by atoms with E-state index >= 15 is 0 Å². The second-order valence-electron chi connectivity index (χ2n) is 8.68. The number of aliphatic carboxylic acids is 1. The van der Waals surface area contributed by atoms with E-state index in [1.54, 1.807) is 36.4 Å². The Hall–Kier alpha value is -2.92. The Kier molecular flexibility index (Phi) is 9.72. The standard InChI is InChI=1S/C26H32ClN3O6S/c1-4-5-6-24-28-25(27)23(17-31)30(24)16-19-9-13-21(14-10-19)37(34,35)29(2)22(26(32)33)15-18-7-11-20(36-3)12-8-18/h7-14,22,31H,4-6,15-17H2,1-3H3,(H,32,33)/t22-/m1/s1. The number of benzene rings is 2. The average Bonchev–Trinajstić information content (AvgIpc) is 3.19. The van der Waals surface area contributed by atoms with E-state index in [0.717, 1.165) is 28.5 Å². The topological polar surface area (TPSA) is 122 Å². The number of carboxylic acids is 1. The molecule has 200 valence electrons. The number of halogens is 1. The molecule has 0 saturated carbocycles. The SMILES string of the molecule is CCCCc1nc(Cl)c(CO)n1Cc1ccc(S(=O)(=O)N(C)[C@H](Cc2ccc(OC)cc2)C(=O)O)cc1. The van der Waals surface area contributed by atoms with E-state index in [-0.39, 0.29) is 23.1 Å². The van der Waals surface area contributed by atoms with Gasteiger partial charge in [0, 0.05) is 20.0 Å². The van der Waals surface area contributed by atoms with Gasteiger partial charge in [-0.25, -0.2) is 13.4 Å². The number of ether oxygens (including phenoxy) is 1. The molecule has 0 spiro atoms. The Morgan fingerprint density at radius 3 is 2.30 bits per heavy atom. The van der Waals surface area contributed by atoms with Crippen molar-refractivity contribution in [3.8, 4) is 5.75 Å². The first-order valence-corrected chi connectivity index (χ1v) is 13.7. The molecule has 0 aliphatic heterocycles. The van der Waals surface area contributed by atoms with Crippen LogP contribution in [0, 0.1) is 0 Å². The van der Waals surface area contributed by atoms with Crippen LogP contribution in [-0.4, -0.2) is 58.7 Å². The van der Waals surface area contributed by atoms with Gasteiger partial charge in [0.1, 0.15) is 17.6 Å². The Bertz CT molecular complexity index is 1310. The molecule has 1 heterocycles. The third-order valence-corrected chi connectivity index (χ3v) is 8.44. The van der Waals surface area contributed by atoms with Crippen molar-refractivity contribution in [1.29, 1.82) is 0 Å². The molecule has 0 bridgehead atoms. The van der Waals surface area contributed by atoms with Gasteiger partial charge in [-0.15, -0.1) is 0 Å². The largest absolute Gasteiger partial charge is 0.497 e. The second kappa shape index (κ2) is 12.6. The first-order chi connectivity index (χ1) is 17.6. The molecule has 37 heavy (non-hydrogen) atoms. The molecule has 0 aliphatic rings. The minimum absolute atomic E-state index is 0.000989. The summed E-state index contributed by atoms with van der Waals surface area (Å²) in [5.41, 5.74) is 1.96. The van der Waals surface area contributed by atoms with E-state index in [0.29, 0.717) is 30.0 Å². The predicted octanol–water partition coefficient (Wildman–Crippen LogP) is 3.74. The summed E-state index contributed by atoms with van der Waals surface area (Å²) in [5, 5.41) is 19.8. The van der Waals surface area contributed by atoms with Crippen LogP contribution in [0.4, 0.5) is 0 Å². The number of unbranched alkanes of at least 4 members (excludes halogenated alkanes) is 1. The molecule has 0 radical (unpaired) electrons. The van der Waals surface area contributed by atoms with Gasteiger partial charge in [0.2, 0.25) is 10.0 Å². The van der Waals surface area contributed by atoms with Gasteiger partial charge in [0.15, 0.2) is 5.15 Å². The van der Waals surface area contributed by atoms with Crippen molar-refractivity contribution < 1.29 is 28.2 Å². The molecule has 2 aromatic carbocycles. The smallest absolute Gasteiger partial charge is 0.322 e. The number of hydrogen-bond acceptors (Lipinski definition) is 6. The van der Waals surface area contributed by atoms with Crippen LogP contribution in [0.2, 0.25) is 5.15 Å². The monoisotopic (exact) mass is 549 g/mol. The van der Waals surface area contributed by atoms with Crippen LogP contribution in [-0.2, 0) is 40.8 Å². The molecule has 0 aliphatic carbocycles. The molecule has 9 nitrogen and oxygen atoms in total. The molecule has 0 amide bonds. The maximum atomic E-state index is 13.3. The van der Waals surface area contributed by atoms with Crippen molar-refractivity contribution in [2.45, 2.75) is 56.7 Å². The van der Waals surface area contributed by atoms with Gasteiger partial charge < -0.3 is 19.5 Å². The third kappa shape index (κ3) is 6.70. The molecular weight excluding hydrogens is 518 g/mol. The first-order valence-electron chi connectivity index (χ1n) is 11.9. The van der Waals surface area contributed by atoms with E-state index in [4.69, 9.17) is 16.3 Å². The van der Waals surface area contributed by atoms with Crippen LogP contribution >= 0.6 is 11.6 Å². The Labute approximate surface area is 222 Å². The number of hydrogen-bond donors (Lipinski definition) is 2. The minimum Gasteiger partial charge on any atom is -0.497 e. The van der Waals surface area contributed by atoms with Crippen LogP contribution in [0.15, 0.2) is 53.4 Å². The lowest BCUT2D eigenvalue weighted by molar-refractivity contribution is -0.141. The summed E-state index contributed by atoms with van der Waals surface area (Å²) in [6.07, 6.45) is 2.61. The zero-order chi connectivity index (χ0) is 27.2. The maximum Gasteiger partial charge on any atom is 0.322 e. The normalized spacial score (nSPS) is 12.6. The number of rotatable bonds is 13. The van der Waals surface area contributed by atoms with Crippen molar-refractivity contribution in [2.75, 3.05) is 14.2 Å². The van der Waals surface area contributed by atoms with Crippen molar-refractivity contribution in [1.82, 2.24) is 13.9 Å².